The van der Waals surface area contributed by atoms with Gasteiger partial charge < -0.3 is 10.1 Å². The van der Waals surface area contributed by atoms with Crippen LogP contribution < -0.4 is 10.1 Å². The van der Waals surface area contributed by atoms with Gasteiger partial charge in [0.05, 0.1) is 12.8 Å². The van der Waals surface area contributed by atoms with E-state index in [4.69, 9.17) is 4.74 Å². The highest BCUT2D eigenvalue weighted by Gasteiger charge is 2.13. The second kappa shape index (κ2) is 5.56. The SMILES string of the molecule is CCNC(=O)c1cc(-c2cccc(OC)c2)nn1C. The fraction of sp³-hybridized carbons (Fsp3) is 0.286. The van der Waals surface area contributed by atoms with Gasteiger partial charge in [0.2, 0.25) is 0 Å². The van der Waals surface area contributed by atoms with Crippen molar-refractivity contribution in [2.24, 2.45) is 7.05 Å². The zero-order valence-electron chi connectivity index (χ0n) is 11.3. The molecule has 1 aromatic heterocycles. The topological polar surface area (TPSA) is 56.1 Å². The lowest BCUT2D eigenvalue weighted by Crippen LogP contribution is -2.24. The number of amides is 1. The molecule has 0 saturated carbocycles. The molecule has 5 heteroatoms. The molecule has 0 unspecified atom stereocenters. The van der Waals surface area contributed by atoms with Crippen molar-refractivity contribution in [1.29, 1.82) is 0 Å². The summed E-state index contributed by atoms with van der Waals surface area (Å²) in [7, 11) is 3.38. The normalized spacial score (nSPS) is 10.3. The van der Waals surface area contributed by atoms with Crippen molar-refractivity contribution in [3.63, 3.8) is 0 Å². The van der Waals surface area contributed by atoms with Gasteiger partial charge in [-0.15, -0.1) is 0 Å². The third-order valence-electron chi connectivity index (χ3n) is 2.82. The Labute approximate surface area is 112 Å². The number of hydrogen-bond acceptors (Lipinski definition) is 3. The van der Waals surface area contributed by atoms with E-state index in [1.165, 1.54) is 0 Å². The smallest absolute Gasteiger partial charge is 0.269 e. The fourth-order valence-electron chi connectivity index (χ4n) is 1.85. The fourth-order valence-corrected chi connectivity index (χ4v) is 1.85. The first-order valence-corrected chi connectivity index (χ1v) is 6.12. The number of aromatic nitrogens is 2. The molecule has 0 fully saturated rings. The molecule has 2 aromatic rings. The molecule has 2 rings (SSSR count). The summed E-state index contributed by atoms with van der Waals surface area (Å²) in [6.45, 7) is 2.48. The maximum Gasteiger partial charge on any atom is 0.269 e. The molecule has 0 saturated heterocycles. The van der Waals surface area contributed by atoms with Crippen molar-refractivity contribution >= 4 is 5.91 Å². The molecule has 1 aromatic carbocycles. The molecule has 0 aliphatic rings. The number of carbonyl (C=O) groups excluding carboxylic acids is 1. The van der Waals surface area contributed by atoms with Gasteiger partial charge in [-0.1, -0.05) is 12.1 Å². The lowest BCUT2D eigenvalue weighted by Gasteiger charge is -2.01. The monoisotopic (exact) mass is 259 g/mol. The van der Waals surface area contributed by atoms with Crippen LogP contribution in [0.4, 0.5) is 0 Å². The van der Waals surface area contributed by atoms with E-state index < -0.39 is 0 Å². The van der Waals surface area contributed by atoms with Gasteiger partial charge in [0.15, 0.2) is 0 Å². The van der Waals surface area contributed by atoms with E-state index in [0.717, 1.165) is 17.0 Å². The van der Waals surface area contributed by atoms with Crippen molar-refractivity contribution in [2.45, 2.75) is 6.92 Å². The molecule has 5 nitrogen and oxygen atoms in total. The minimum absolute atomic E-state index is 0.119. The average molecular weight is 259 g/mol. The van der Waals surface area contributed by atoms with Crippen molar-refractivity contribution < 1.29 is 9.53 Å². The van der Waals surface area contributed by atoms with Crippen LogP contribution in [0.2, 0.25) is 0 Å². The predicted molar refractivity (Wildman–Crippen MR) is 73.2 cm³/mol. The molecule has 0 spiro atoms. The third kappa shape index (κ3) is 2.76. The Morgan fingerprint density at radius 2 is 2.21 bits per heavy atom. The summed E-state index contributed by atoms with van der Waals surface area (Å²) in [4.78, 5) is 11.8. The second-order valence-electron chi connectivity index (χ2n) is 4.13. The van der Waals surface area contributed by atoms with Crippen LogP contribution in [0.3, 0.4) is 0 Å². The van der Waals surface area contributed by atoms with Crippen LogP contribution in [-0.4, -0.2) is 29.3 Å². The van der Waals surface area contributed by atoms with Gasteiger partial charge in [0, 0.05) is 19.2 Å². The van der Waals surface area contributed by atoms with Gasteiger partial charge in [0.25, 0.3) is 5.91 Å². The van der Waals surface area contributed by atoms with Crippen LogP contribution in [0.15, 0.2) is 30.3 Å². The second-order valence-corrected chi connectivity index (χ2v) is 4.13. The van der Waals surface area contributed by atoms with E-state index >= 15 is 0 Å². The highest BCUT2D eigenvalue weighted by atomic mass is 16.5. The molecule has 0 atom stereocenters. The van der Waals surface area contributed by atoms with Gasteiger partial charge in [-0.05, 0) is 25.1 Å². The van der Waals surface area contributed by atoms with Gasteiger partial charge in [-0.2, -0.15) is 5.10 Å². The van der Waals surface area contributed by atoms with Crippen LogP contribution >= 0.6 is 0 Å². The summed E-state index contributed by atoms with van der Waals surface area (Å²) in [6.07, 6.45) is 0. The summed E-state index contributed by atoms with van der Waals surface area (Å²) in [5, 5.41) is 7.13. The standard InChI is InChI=1S/C14H17N3O2/c1-4-15-14(18)13-9-12(16-17(13)2)10-6-5-7-11(8-10)19-3/h5-9H,4H2,1-3H3,(H,15,18). The number of aryl methyl sites for hydroxylation is 1. The van der Waals surface area contributed by atoms with Crippen molar-refractivity contribution in [3.8, 4) is 17.0 Å². The van der Waals surface area contributed by atoms with Crippen LogP contribution in [0, 0.1) is 0 Å². The molecule has 0 radical (unpaired) electrons. The zero-order valence-corrected chi connectivity index (χ0v) is 11.3. The van der Waals surface area contributed by atoms with Crippen LogP contribution in [0.5, 0.6) is 5.75 Å². The molecule has 0 aliphatic heterocycles. The van der Waals surface area contributed by atoms with E-state index in [1.807, 2.05) is 31.2 Å². The number of rotatable bonds is 4. The molecule has 100 valence electrons. The van der Waals surface area contributed by atoms with Crippen molar-refractivity contribution in [1.82, 2.24) is 15.1 Å². The van der Waals surface area contributed by atoms with Crippen LogP contribution in [-0.2, 0) is 7.05 Å². The lowest BCUT2D eigenvalue weighted by molar-refractivity contribution is 0.0946. The summed E-state index contributed by atoms with van der Waals surface area (Å²) >= 11 is 0. The Balaban J connectivity index is 2.36. The van der Waals surface area contributed by atoms with E-state index in [9.17, 15) is 4.79 Å². The van der Waals surface area contributed by atoms with Crippen molar-refractivity contribution in [3.05, 3.63) is 36.0 Å². The average Bonchev–Trinajstić information content (AvgIpc) is 2.81. The maximum atomic E-state index is 11.8. The lowest BCUT2D eigenvalue weighted by atomic mass is 10.1. The Hall–Kier alpha value is -2.30. The first-order chi connectivity index (χ1) is 9.15. The highest BCUT2D eigenvalue weighted by Crippen LogP contribution is 2.23. The maximum absolute atomic E-state index is 11.8. The Morgan fingerprint density at radius 1 is 1.42 bits per heavy atom. The highest BCUT2D eigenvalue weighted by molar-refractivity contribution is 5.93. The summed E-state index contributed by atoms with van der Waals surface area (Å²) < 4.78 is 6.77. The Bertz CT molecular complexity index is 590. The molecule has 0 aliphatic carbocycles. The van der Waals surface area contributed by atoms with Gasteiger partial charge in [-0.25, -0.2) is 0 Å². The molecule has 1 amide bonds. The molecule has 19 heavy (non-hydrogen) atoms. The predicted octanol–water partition coefficient (Wildman–Crippen LogP) is 1.85. The Kier molecular flexibility index (Phi) is 3.85. The van der Waals surface area contributed by atoms with Crippen molar-refractivity contribution in [2.75, 3.05) is 13.7 Å². The third-order valence-corrected chi connectivity index (χ3v) is 2.82. The molecule has 1 heterocycles. The summed E-state index contributed by atoms with van der Waals surface area (Å²) in [5.74, 6) is 0.648. The molecular formula is C14H17N3O2. The number of nitrogens with zero attached hydrogens (tertiary/aromatic N) is 2. The Morgan fingerprint density at radius 3 is 2.89 bits per heavy atom. The van der Waals surface area contributed by atoms with E-state index in [0.29, 0.717) is 12.2 Å². The van der Waals surface area contributed by atoms with E-state index in [2.05, 4.69) is 10.4 Å². The van der Waals surface area contributed by atoms with E-state index in [-0.39, 0.29) is 5.91 Å². The van der Waals surface area contributed by atoms with Crippen LogP contribution in [0.1, 0.15) is 17.4 Å². The number of nitrogens with one attached hydrogen (secondary N) is 1. The summed E-state index contributed by atoms with van der Waals surface area (Å²) in [6, 6.07) is 9.38. The molecule has 1 N–H and O–H groups in total. The quantitative estimate of drug-likeness (QED) is 0.911. The molecular weight excluding hydrogens is 242 g/mol. The number of ether oxygens (including phenoxy) is 1. The van der Waals surface area contributed by atoms with Gasteiger partial charge in [-0.3, -0.25) is 9.48 Å². The summed E-state index contributed by atoms with van der Waals surface area (Å²) in [5.41, 5.74) is 2.22. The number of hydrogen-bond donors (Lipinski definition) is 1. The van der Waals surface area contributed by atoms with Gasteiger partial charge in [0.1, 0.15) is 11.4 Å². The zero-order chi connectivity index (χ0) is 13.8. The van der Waals surface area contributed by atoms with E-state index in [1.54, 1.807) is 24.9 Å². The number of benzene rings is 1. The number of carbonyl (C=O) groups is 1. The number of methoxy groups -OCH3 is 1. The first kappa shape index (κ1) is 13.1. The minimum Gasteiger partial charge on any atom is -0.497 e. The minimum atomic E-state index is -0.119. The largest absolute Gasteiger partial charge is 0.497 e. The van der Waals surface area contributed by atoms with Crippen LogP contribution in [0.25, 0.3) is 11.3 Å². The van der Waals surface area contributed by atoms with Gasteiger partial charge >= 0.3 is 0 Å². The first-order valence-electron chi connectivity index (χ1n) is 6.12. The molecule has 0 bridgehead atoms.